The molecule has 0 saturated heterocycles. The van der Waals surface area contributed by atoms with Crippen molar-refractivity contribution >= 4 is 0 Å². The molecule has 1 saturated carbocycles. The third kappa shape index (κ3) is 2.35. The molecule has 0 heterocycles. The van der Waals surface area contributed by atoms with E-state index < -0.39 is 0 Å². The van der Waals surface area contributed by atoms with E-state index in [4.69, 9.17) is 10.5 Å². The van der Waals surface area contributed by atoms with Gasteiger partial charge in [0, 0.05) is 0 Å². The number of halogens is 1. The van der Waals surface area contributed by atoms with Gasteiger partial charge in [0.05, 0.1) is 7.11 Å². The lowest BCUT2D eigenvalue weighted by molar-refractivity contribution is 0.385. The van der Waals surface area contributed by atoms with Crippen LogP contribution in [-0.2, 0) is 0 Å². The first kappa shape index (κ1) is 11.4. The lowest BCUT2D eigenvalue weighted by Gasteiger charge is -2.16. The summed E-state index contributed by atoms with van der Waals surface area (Å²) in [6.07, 6.45) is 3.44. The van der Waals surface area contributed by atoms with Crippen LogP contribution in [0.25, 0.3) is 0 Å². The second-order valence-electron chi connectivity index (χ2n) is 4.42. The second-order valence-corrected chi connectivity index (χ2v) is 4.42. The van der Waals surface area contributed by atoms with Crippen LogP contribution in [-0.4, -0.2) is 13.7 Å². The molecule has 1 aliphatic rings. The predicted molar refractivity (Wildman–Crippen MR) is 62.1 cm³/mol. The minimum atomic E-state index is -0.275. The predicted octanol–water partition coefficient (Wildman–Crippen LogP) is 2.68. The summed E-state index contributed by atoms with van der Waals surface area (Å²) in [4.78, 5) is 0. The highest BCUT2D eigenvalue weighted by atomic mass is 19.1. The molecule has 2 N–H and O–H groups in total. The van der Waals surface area contributed by atoms with Gasteiger partial charge in [-0.15, -0.1) is 0 Å². The van der Waals surface area contributed by atoms with E-state index in [0.29, 0.717) is 24.1 Å². The van der Waals surface area contributed by atoms with E-state index in [2.05, 4.69) is 0 Å². The molecular weight excluding hydrogens is 205 g/mol. The number of methoxy groups -OCH3 is 1. The molecule has 0 radical (unpaired) electrons. The van der Waals surface area contributed by atoms with Crippen LogP contribution >= 0.6 is 0 Å². The Balaban J connectivity index is 2.20. The van der Waals surface area contributed by atoms with Gasteiger partial charge in [-0.25, -0.2) is 4.39 Å². The van der Waals surface area contributed by atoms with Crippen molar-refractivity contribution < 1.29 is 9.13 Å². The zero-order valence-corrected chi connectivity index (χ0v) is 9.58. The van der Waals surface area contributed by atoms with Crippen molar-refractivity contribution in [3.8, 4) is 5.75 Å². The van der Waals surface area contributed by atoms with Gasteiger partial charge in [0.15, 0.2) is 11.6 Å². The summed E-state index contributed by atoms with van der Waals surface area (Å²) >= 11 is 0. The van der Waals surface area contributed by atoms with Gasteiger partial charge < -0.3 is 10.5 Å². The first-order valence-corrected chi connectivity index (χ1v) is 5.79. The molecule has 1 unspecified atom stereocenters. The Labute approximate surface area is 95.6 Å². The highest BCUT2D eigenvalue weighted by molar-refractivity contribution is 5.32. The molecular formula is C13H18FNO. The largest absolute Gasteiger partial charge is 0.494 e. The SMILES string of the molecule is COc1ccc(C(CCN)C2CC2)cc1F. The third-order valence-electron chi connectivity index (χ3n) is 3.27. The van der Waals surface area contributed by atoms with Crippen LogP contribution in [0.1, 0.15) is 30.7 Å². The van der Waals surface area contributed by atoms with Crippen LogP contribution in [0.3, 0.4) is 0 Å². The van der Waals surface area contributed by atoms with Crippen LogP contribution in [0.5, 0.6) is 5.75 Å². The summed E-state index contributed by atoms with van der Waals surface area (Å²) in [7, 11) is 1.48. The minimum absolute atomic E-state index is 0.275. The minimum Gasteiger partial charge on any atom is -0.494 e. The standard InChI is InChI=1S/C13H18FNO/c1-16-13-5-4-10(8-12(13)14)11(6-7-15)9-2-3-9/h4-5,8-9,11H,2-3,6-7,15H2,1H3. The molecule has 2 nitrogen and oxygen atoms in total. The van der Waals surface area contributed by atoms with Crippen molar-refractivity contribution in [1.29, 1.82) is 0 Å². The maximum Gasteiger partial charge on any atom is 0.165 e. The zero-order chi connectivity index (χ0) is 11.5. The van der Waals surface area contributed by atoms with E-state index >= 15 is 0 Å². The molecule has 16 heavy (non-hydrogen) atoms. The van der Waals surface area contributed by atoms with Crippen LogP contribution in [0, 0.1) is 11.7 Å². The first-order valence-electron chi connectivity index (χ1n) is 5.79. The number of ether oxygens (including phenoxy) is 1. The van der Waals surface area contributed by atoms with Gasteiger partial charge in [0.1, 0.15) is 0 Å². The van der Waals surface area contributed by atoms with Crippen molar-refractivity contribution in [2.45, 2.75) is 25.2 Å². The van der Waals surface area contributed by atoms with Crippen molar-refractivity contribution in [3.05, 3.63) is 29.6 Å². The fourth-order valence-electron chi connectivity index (χ4n) is 2.27. The van der Waals surface area contributed by atoms with Crippen molar-refractivity contribution in [2.24, 2.45) is 11.7 Å². The smallest absolute Gasteiger partial charge is 0.165 e. The molecule has 1 aromatic carbocycles. The number of benzene rings is 1. The lowest BCUT2D eigenvalue weighted by Crippen LogP contribution is -2.09. The summed E-state index contributed by atoms with van der Waals surface area (Å²) in [6, 6.07) is 5.26. The Morgan fingerprint density at radius 1 is 1.50 bits per heavy atom. The zero-order valence-electron chi connectivity index (χ0n) is 9.58. The molecule has 0 bridgehead atoms. The summed E-state index contributed by atoms with van der Waals surface area (Å²) in [5.74, 6) is 1.16. The normalized spacial score (nSPS) is 17.2. The fraction of sp³-hybridized carbons (Fsp3) is 0.538. The van der Waals surface area contributed by atoms with Crippen molar-refractivity contribution in [2.75, 3.05) is 13.7 Å². The first-order chi connectivity index (χ1) is 7.76. The molecule has 2 rings (SSSR count). The fourth-order valence-corrected chi connectivity index (χ4v) is 2.27. The van der Waals surface area contributed by atoms with Crippen LogP contribution in [0.4, 0.5) is 4.39 Å². The molecule has 0 aromatic heterocycles. The third-order valence-corrected chi connectivity index (χ3v) is 3.27. The molecule has 0 spiro atoms. The maximum absolute atomic E-state index is 13.6. The average Bonchev–Trinajstić information content (AvgIpc) is 3.09. The molecule has 0 amide bonds. The van der Waals surface area contributed by atoms with Crippen molar-refractivity contribution in [1.82, 2.24) is 0 Å². The monoisotopic (exact) mass is 223 g/mol. The number of nitrogens with two attached hydrogens (primary N) is 1. The van der Waals surface area contributed by atoms with E-state index in [0.717, 1.165) is 12.0 Å². The molecule has 0 aliphatic heterocycles. The van der Waals surface area contributed by atoms with Gasteiger partial charge in [0.25, 0.3) is 0 Å². The molecule has 3 heteroatoms. The van der Waals surface area contributed by atoms with E-state index in [9.17, 15) is 4.39 Å². The topological polar surface area (TPSA) is 35.2 Å². The lowest BCUT2D eigenvalue weighted by atomic mass is 9.91. The van der Waals surface area contributed by atoms with Crippen LogP contribution < -0.4 is 10.5 Å². The van der Waals surface area contributed by atoms with E-state index in [1.54, 1.807) is 12.1 Å². The molecule has 1 aromatic rings. The molecule has 1 fully saturated rings. The van der Waals surface area contributed by atoms with Crippen molar-refractivity contribution in [3.63, 3.8) is 0 Å². The van der Waals surface area contributed by atoms with Gasteiger partial charge in [-0.3, -0.25) is 0 Å². The van der Waals surface area contributed by atoms with Gasteiger partial charge >= 0.3 is 0 Å². The average molecular weight is 223 g/mol. The summed E-state index contributed by atoms with van der Waals surface area (Å²) in [6.45, 7) is 0.662. The van der Waals surface area contributed by atoms with E-state index in [1.807, 2.05) is 6.07 Å². The number of hydrogen-bond donors (Lipinski definition) is 1. The Morgan fingerprint density at radius 2 is 2.25 bits per heavy atom. The Hall–Kier alpha value is -1.09. The highest BCUT2D eigenvalue weighted by Crippen LogP contribution is 2.44. The molecule has 1 atom stereocenters. The number of rotatable bonds is 5. The van der Waals surface area contributed by atoms with Crippen LogP contribution in [0.2, 0.25) is 0 Å². The molecule has 1 aliphatic carbocycles. The highest BCUT2D eigenvalue weighted by Gasteiger charge is 2.31. The van der Waals surface area contributed by atoms with E-state index in [-0.39, 0.29) is 5.82 Å². The van der Waals surface area contributed by atoms with Crippen LogP contribution in [0.15, 0.2) is 18.2 Å². The van der Waals surface area contributed by atoms with Gasteiger partial charge in [-0.2, -0.15) is 0 Å². The summed E-state index contributed by atoms with van der Waals surface area (Å²) in [5.41, 5.74) is 6.67. The quantitative estimate of drug-likeness (QED) is 0.833. The molecule has 88 valence electrons. The van der Waals surface area contributed by atoms with Gasteiger partial charge in [0.2, 0.25) is 0 Å². The Kier molecular flexibility index (Phi) is 3.44. The Morgan fingerprint density at radius 3 is 2.75 bits per heavy atom. The Bertz CT molecular complexity index is 363. The van der Waals surface area contributed by atoms with Gasteiger partial charge in [-0.05, 0) is 55.3 Å². The summed E-state index contributed by atoms with van der Waals surface area (Å²) in [5, 5.41) is 0. The second kappa shape index (κ2) is 4.83. The van der Waals surface area contributed by atoms with Gasteiger partial charge in [-0.1, -0.05) is 6.07 Å². The number of hydrogen-bond acceptors (Lipinski definition) is 2. The summed E-state index contributed by atoms with van der Waals surface area (Å²) < 4.78 is 18.5. The maximum atomic E-state index is 13.6. The van der Waals surface area contributed by atoms with E-state index in [1.165, 1.54) is 20.0 Å².